The molecule has 0 aromatic carbocycles. The van der Waals surface area contributed by atoms with E-state index >= 15 is 0 Å². The van der Waals surface area contributed by atoms with Crippen LogP contribution in [0.3, 0.4) is 0 Å². The Morgan fingerprint density at radius 1 is 0.750 bits per heavy atom. The van der Waals surface area contributed by atoms with Crippen molar-refractivity contribution in [3.05, 3.63) is 36.5 Å². The Labute approximate surface area is 263 Å². The molecular weight excluding hydrogens is 589 g/mol. The van der Waals surface area contributed by atoms with Crippen molar-refractivity contribution >= 4 is 25.7 Å². The SMILES string of the molecule is CCCCC/C=C\C/C=C\C/C=C\CCCCCCCCCCC(=O)OCC(O)COP(=O)(O)OCC(NC(C)=O)C(=O)O. The summed E-state index contributed by atoms with van der Waals surface area (Å²) in [4.78, 5) is 43.5. The summed E-state index contributed by atoms with van der Waals surface area (Å²) >= 11 is 0. The third-order valence-electron chi connectivity index (χ3n) is 6.47. The van der Waals surface area contributed by atoms with Crippen molar-refractivity contribution in [2.75, 3.05) is 19.8 Å². The molecule has 1 amide bonds. The average Bonchev–Trinajstić information content (AvgIpc) is 2.97. The van der Waals surface area contributed by atoms with Crippen molar-refractivity contribution in [1.29, 1.82) is 0 Å². The molecule has 0 bridgehead atoms. The van der Waals surface area contributed by atoms with Gasteiger partial charge in [0.25, 0.3) is 0 Å². The second kappa shape index (κ2) is 28.2. The highest BCUT2D eigenvalue weighted by Gasteiger charge is 2.28. The Hall–Kier alpha value is -2.30. The Morgan fingerprint density at radius 3 is 1.80 bits per heavy atom. The monoisotopic (exact) mass is 645 g/mol. The van der Waals surface area contributed by atoms with E-state index in [1.165, 1.54) is 51.4 Å². The van der Waals surface area contributed by atoms with Gasteiger partial charge in [0.15, 0.2) is 6.04 Å². The number of hydrogen-bond donors (Lipinski definition) is 4. The number of carbonyl (C=O) groups excluding carboxylic acids is 2. The van der Waals surface area contributed by atoms with Crippen LogP contribution in [0, 0.1) is 0 Å². The van der Waals surface area contributed by atoms with Crippen LogP contribution >= 0.6 is 7.82 Å². The predicted molar refractivity (Wildman–Crippen MR) is 171 cm³/mol. The second-order valence-electron chi connectivity index (χ2n) is 10.7. The van der Waals surface area contributed by atoms with E-state index in [0.29, 0.717) is 6.42 Å². The van der Waals surface area contributed by atoms with E-state index in [4.69, 9.17) is 9.84 Å². The minimum absolute atomic E-state index is 0.214. The Balaban J connectivity index is 3.69. The van der Waals surface area contributed by atoms with Crippen molar-refractivity contribution in [3.63, 3.8) is 0 Å². The molecule has 254 valence electrons. The fraction of sp³-hybridized carbons (Fsp3) is 0.719. The van der Waals surface area contributed by atoms with Gasteiger partial charge < -0.3 is 25.2 Å². The van der Waals surface area contributed by atoms with Crippen LogP contribution in [0.1, 0.15) is 117 Å². The van der Waals surface area contributed by atoms with E-state index in [9.17, 15) is 28.9 Å². The van der Waals surface area contributed by atoms with Gasteiger partial charge in [0.2, 0.25) is 5.91 Å². The lowest BCUT2D eigenvalue weighted by Gasteiger charge is -2.18. The molecule has 0 rings (SSSR count). The zero-order chi connectivity index (χ0) is 32.9. The van der Waals surface area contributed by atoms with Crippen LogP contribution in [0.4, 0.5) is 0 Å². The number of amides is 1. The highest BCUT2D eigenvalue weighted by molar-refractivity contribution is 7.47. The Morgan fingerprint density at radius 2 is 1.25 bits per heavy atom. The molecule has 4 N–H and O–H groups in total. The first-order chi connectivity index (χ1) is 21.1. The first-order valence-electron chi connectivity index (χ1n) is 16.0. The number of phosphoric ester groups is 1. The molecule has 0 aromatic heterocycles. The van der Waals surface area contributed by atoms with E-state index < -0.39 is 57.6 Å². The first kappa shape index (κ1) is 41.7. The average molecular weight is 646 g/mol. The minimum atomic E-state index is -4.70. The fourth-order valence-corrected chi connectivity index (χ4v) is 4.77. The summed E-state index contributed by atoms with van der Waals surface area (Å²) in [5.74, 6) is -2.60. The number of carboxylic acid groups (broad SMARTS) is 1. The van der Waals surface area contributed by atoms with Crippen LogP contribution in [-0.4, -0.2) is 64.9 Å². The number of aliphatic hydroxyl groups excluding tert-OH is 1. The van der Waals surface area contributed by atoms with Crippen LogP contribution in [0.15, 0.2) is 36.5 Å². The van der Waals surface area contributed by atoms with Crippen molar-refractivity contribution in [3.8, 4) is 0 Å². The van der Waals surface area contributed by atoms with Crippen LogP contribution in [-0.2, 0) is 32.7 Å². The standard InChI is InChI=1S/C32H56NO10P/c1-3-4-5-6-7-8-9-10-11-12-13-14-15-16-17-18-19-20-21-22-23-24-31(36)41-25-29(35)26-42-44(39,40)43-27-30(32(37)38)33-28(2)34/h7-8,10-11,13-14,29-30,35H,3-6,9,12,15-27H2,1-2H3,(H,33,34)(H,37,38)(H,39,40)/b8-7-,11-10-,14-13-. The van der Waals surface area contributed by atoms with Gasteiger partial charge in [0.1, 0.15) is 12.7 Å². The number of carbonyl (C=O) groups is 3. The zero-order valence-corrected chi connectivity index (χ0v) is 27.6. The van der Waals surface area contributed by atoms with E-state index in [2.05, 4.69) is 52.4 Å². The number of carboxylic acids is 1. The normalized spacial score (nSPS) is 14.6. The molecule has 0 saturated heterocycles. The number of rotatable bonds is 29. The second-order valence-corrected chi connectivity index (χ2v) is 12.2. The summed E-state index contributed by atoms with van der Waals surface area (Å²) in [5.41, 5.74) is 0. The highest BCUT2D eigenvalue weighted by atomic mass is 31.2. The van der Waals surface area contributed by atoms with Gasteiger partial charge in [-0.2, -0.15) is 0 Å². The van der Waals surface area contributed by atoms with Crippen molar-refractivity contribution < 1.29 is 47.8 Å². The molecule has 44 heavy (non-hydrogen) atoms. The molecule has 0 fully saturated rings. The summed E-state index contributed by atoms with van der Waals surface area (Å²) in [6.07, 6.45) is 29.1. The van der Waals surface area contributed by atoms with Crippen LogP contribution in [0.25, 0.3) is 0 Å². The van der Waals surface area contributed by atoms with Gasteiger partial charge in [-0.05, 0) is 44.9 Å². The molecule has 0 radical (unpaired) electrons. The molecule has 0 spiro atoms. The lowest BCUT2D eigenvalue weighted by atomic mass is 10.1. The molecular formula is C32H56NO10P. The summed E-state index contributed by atoms with van der Waals surface area (Å²) in [5, 5.41) is 20.9. The number of esters is 1. The molecule has 0 aliphatic heterocycles. The number of hydrogen-bond acceptors (Lipinski definition) is 8. The van der Waals surface area contributed by atoms with E-state index in [0.717, 1.165) is 45.4 Å². The van der Waals surface area contributed by atoms with E-state index in [1.54, 1.807) is 0 Å². The van der Waals surface area contributed by atoms with Crippen molar-refractivity contribution in [2.24, 2.45) is 0 Å². The fourth-order valence-electron chi connectivity index (χ4n) is 4.00. The van der Waals surface area contributed by atoms with E-state index in [1.807, 2.05) is 5.32 Å². The number of phosphoric acid groups is 1. The minimum Gasteiger partial charge on any atom is -0.480 e. The Kier molecular flexibility index (Phi) is 26.7. The van der Waals surface area contributed by atoms with Gasteiger partial charge >= 0.3 is 19.8 Å². The number of unbranched alkanes of at least 4 members (excludes halogenated alkanes) is 11. The molecule has 11 nitrogen and oxygen atoms in total. The van der Waals surface area contributed by atoms with Gasteiger partial charge in [0, 0.05) is 13.3 Å². The van der Waals surface area contributed by atoms with Gasteiger partial charge in [-0.1, -0.05) is 94.7 Å². The largest absolute Gasteiger partial charge is 0.480 e. The summed E-state index contributed by atoms with van der Waals surface area (Å²) in [6, 6.07) is -1.55. The van der Waals surface area contributed by atoms with Crippen LogP contribution in [0.2, 0.25) is 0 Å². The molecule has 12 heteroatoms. The van der Waals surface area contributed by atoms with Gasteiger partial charge in [-0.25, -0.2) is 9.36 Å². The molecule has 3 atom stereocenters. The van der Waals surface area contributed by atoms with Gasteiger partial charge in [0.05, 0.1) is 13.2 Å². The lowest BCUT2D eigenvalue weighted by Crippen LogP contribution is -2.42. The van der Waals surface area contributed by atoms with Crippen LogP contribution in [0.5, 0.6) is 0 Å². The molecule has 0 aliphatic carbocycles. The third-order valence-corrected chi connectivity index (χ3v) is 7.42. The van der Waals surface area contributed by atoms with Crippen LogP contribution < -0.4 is 5.32 Å². The highest BCUT2D eigenvalue weighted by Crippen LogP contribution is 2.43. The topological polar surface area (TPSA) is 169 Å². The smallest absolute Gasteiger partial charge is 0.472 e. The molecule has 0 saturated carbocycles. The van der Waals surface area contributed by atoms with Crippen molar-refractivity contribution in [2.45, 2.75) is 129 Å². The molecule has 0 aliphatic rings. The maximum atomic E-state index is 11.9. The number of ether oxygens (including phenoxy) is 1. The molecule has 3 unspecified atom stereocenters. The maximum Gasteiger partial charge on any atom is 0.472 e. The van der Waals surface area contributed by atoms with E-state index in [-0.39, 0.29) is 6.42 Å². The van der Waals surface area contributed by atoms with Gasteiger partial charge in [-0.15, -0.1) is 0 Å². The zero-order valence-electron chi connectivity index (χ0n) is 26.7. The summed E-state index contributed by atoms with van der Waals surface area (Å²) < 4.78 is 26.0. The number of nitrogens with one attached hydrogen (secondary N) is 1. The first-order valence-corrected chi connectivity index (χ1v) is 17.5. The number of aliphatic carboxylic acids is 1. The van der Waals surface area contributed by atoms with Crippen molar-refractivity contribution in [1.82, 2.24) is 5.32 Å². The summed E-state index contributed by atoms with van der Waals surface area (Å²) in [7, 11) is -4.70. The quantitative estimate of drug-likeness (QED) is 0.0303. The Bertz CT molecular complexity index is 905. The maximum absolute atomic E-state index is 11.9. The lowest BCUT2D eigenvalue weighted by molar-refractivity contribution is -0.147. The van der Waals surface area contributed by atoms with Gasteiger partial charge in [-0.3, -0.25) is 18.6 Å². The third kappa shape index (κ3) is 28.5. The summed E-state index contributed by atoms with van der Waals surface area (Å²) in [6.45, 7) is 1.39. The predicted octanol–water partition coefficient (Wildman–Crippen LogP) is 6.54. The number of allylic oxidation sites excluding steroid dienone is 6. The number of aliphatic hydroxyl groups is 1. The molecule has 0 aromatic rings. The molecule has 0 heterocycles.